The molecule has 1 aliphatic rings. The summed E-state index contributed by atoms with van der Waals surface area (Å²) >= 11 is 7.64. The highest BCUT2D eigenvalue weighted by molar-refractivity contribution is 7.99. The highest BCUT2D eigenvalue weighted by atomic mass is 35.5. The number of ketones is 3. The summed E-state index contributed by atoms with van der Waals surface area (Å²) in [5.41, 5.74) is 3.01. The molecule has 0 aliphatic carbocycles. The molecule has 32 heavy (non-hydrogen) atoms. The smallest absolute Gasteiger partial charge is 0.165 e. The molecule has 0 radical (unpaired) electrons. The lowest BCUT2D eigenvalue weighted by Crippen LogP contribution is -2.29. The van der Waals surface area contributed by atoms with Gasteiger partial charge in [0.1, 0.15) is 11.6 Å². The molecule has 1 N–H and O–H groups in total. The second-order valence-corrected chi connectivity index (χ2v) is 9.41. The molecule has 0 aromatic heterocycles. The van der Waals surface area contributed by atoms with Crippen molar-refractivity contribution >= 4 is 52.1 Å². The molecule has 3 aromatic carbocycles. The molecule has 4 nitrogen and oxygen atoms in total. The molecule has 1 aliphatic heterocycles. The first kappa shape index (κ1) is 22.3. The first-order chi connectivity index (χ1) is 15.3. The minimum Gasteiger partial charge on any atom is -0.353 e. The van der Waals surface area contributed by atoms with Crippen molar-refractivity contribution in [3.63, 3.8) is 0 Å². The molecule has 0 amide bonds. The zero-order chi connectivity index (χ0) is 22.8. The molecule has 162 valence electrons. The quantitative estimate of drug-likeness (QED) is 0.244. The molecule has 1 unspecified atom stereocenters. The number of benzene rings is 3. The summed E-state index contributed by atoms with van der Waals surface area (Å²) in [6.07, 6.45) is 0.0376. The van der Waals surface area contributed by atoms with Crippen molar-refractivity contribution in [2.75, 3.05) is 5.32 Å². The van der Waals surface area contributed by atoms with Crippen LogP contribution in [0.5, 0.6) is 0 Å². The van der Waals surface area contributed by atoms with E-state index < -0.39 is 11.8 Å². The number of Topliss-reactive ketones (excluding diaryl/α,β-unsaturated/α-hetero) is 3. The van der Waals surface area contributed by atoms with E-state index in [9.17, 15) is 14.4 Å². The van der Waals surface area contributed by atoms with Crippen LogP contribution in [0.15, 0.2) is 76.5 Å². The van der Waals surface area contributed by atoms with E-state index in [0.717, 1.165) is 26.7 Å². The lowest BCUT2D eigenvalue weighted by molar-refractivity contribution is -0.131. The highest BCUT2D eigenvalue weighted by Crippen LogP contribution is 2.46. The summed E-state index contributed by atoms with van der Waals surface area (Å²) in [4.78, 5) is 40.4. The Morgan fingerprint density at radius 3 is 2.22 bits per heavy atom. The van der Waals surface area contributed by atoms with Gasteiger partial charge in [0.15, 0.2) is 5.78 Å². The maximum absolute atomic E-state index is 13.5. The molecular formula is C26H22ClNO3S. The summed E-state index contributed by atoms with van der Waals surface area (Å²) < 4.78 is 0. The van der Waals surface area contributed by atoms with Gasteiger partial charge in [0.05, 0.1) is 17.3 Å². The van der Waals surface area contributed by atoms with Crippen LogP contribution >= 0.6 is 23.4 Å². The Kier molecular flexibility index (Phi) is 6.49. The summed E-state index contributed by atoms with van der Waals surface area (Å²) in [5, 5.41) is 3.95. The zero-order valence-corrected chi connectivity index (χ0v) is 19.3. The Hall–Kier alpha value is -2.89. The average Bonchev–Trinajstić information content (AvgIpc) is 2.76. The van der Waals surface area contributed by atoms with Crippen LogP contribution in [0, 0.1) is 5.92 Å². The maximum Gasteiger partial charge on any atom is 0.165 e. The third kappa shape index (κ3) is 4.50. The van der Waals surface area contributed by atoms with Crippen molar-refractivity contribution in [1.29, 1.82) is 0 Å². The Balaban J connectivity index is 1.70. The van der Waals surface area contributed by atoms with E-state index in [0.29, 0.717) is 10.6 Å². The molecule has 0 bridgehead atoms. The van der Waals surface area contributed by atoms with E-state index in [1.54, 1.807) is 42.1 Å². The monoisotopic (exact) mass is 463 g/mol. The molecule has 0 saturated carbocycles. The van der Waals surface area contributed by atoms with Crippen LogP contribution in [0.25, 0.3) is 0 Å². The summed E-state index contributed by atoms with van der Waals surface area (Å²) in [6.45, 7) is 2.80. The number of para-hydroxylation sites is 2. The number of halogens is 1. The van der Waals surface area contributed by atoms with Crippen LogP contribution in [0.1, 0.15) is 42.1 Å². The van der Waals surface area contributed by atoms with Gasteiger partial charge in [-0.25, -0.2) is 0 Å². The maximum atomic E-state index is 13.5. The van der Waals surface area contributed by atoms with Crippen molar-refractivity contribution in [3.05, 3.63) is 82.9 Å². The van der Waals surface area contributed by atoms with Gasteiger partial charge in [0.25, 0.3) is 0 Å². The van der Waals surface area contributed by atoms with Gasteiger partial charge in [-0.3, -0.25) is 14.4 Å². The van der Waals surface area contributed by atoms with Crippen molar-refractivity contribution < 1.29 is 14.4 Å². The molecule has 3 aromatic rings. The summed E-state index contributed by atoms with van der Waals surface area (Å²) in [5.74, 6) is -2.07. The Bertz CT molecular complexity index is 1190. The Labute approximate surface area is 196 Å². The fourth-order valence-corrected chi connectivity index (χ4v) is 5.34. The number of rotatable bonds is 7. The Morgan fingerprint density at radius 1 is 0.875 bits per heavy atom. The highest BCUT2D eigenvalue weighted by Gasteiger charge is 2.34. The summed E-state index contributed by atoms with van der Waals surface area (Å²) in [7, 11) is 0. The van der Waals surface area contributed by atoms with Gasteiger partial charge in [-0.05, 0) is 55.8 Å². The number of fused-ring (bicyclic) bond motifs is 2. The fraction of sp³-hybridized carbons (Fsp3) is 0.192. The standard InChI is InChI=1S/C26H22ClNO3S/c1-15(29)25(16(2)30)20(17-10-12-18(27)13-11-17)14-22(31)19-6-5-9-24-26(19)28-21-7-3-4-8-23(21)32-24/h3-13,20,25,28H,14H2,1-2H3. The first-order valence-electron chi connectivity index (χ1n) is 10.3. The second-order valence-electron chi connectivity index (χ2n) is 7.89. The van der Waals surface area contributed by atoms with Crippen LogP contribution in [0.4, 0.5) is 11.4 Å². The third-order valence-corrected chi connectivity index (χ3v) is 7.06. The lowest BCUT2D eigenvalue weighted by Gasteiger charge is -2.26. The van der Waals surface area contributed by atoms with Crippen molar-refractivity contribution in [1.82, 2.24) is 0 Å². The van der Waals surface area contributed by atoms with E-state index in [4.69, 9.17) is 11.6 Å². The number of nitrogens with one attached hydrogen (secondary N) is 1. The van der Waals surface area contributed by atoms with E-state index in [1.807, 2.05) is 36.4 Å². The van der Waals surface area contributed by atoms with Crippen LogP contribution < -0.4 is 5.32 Å². The van der Waals surface area contributed by atoms with E-state index in [1.165, 1.54) is 13.8 Å². The number of hydrogen-bond acceptors (Lipinski definition) is 5. The topological polar surface area (TPSA) is 63.2 Å². The van der Waals surface area contributed by atoms with Crippen LogP contribution in [-0.4, -0.2) is 17.3 Å². The lowest BCUT2D eigenvalue weighted by atomic mass is 9.77. The van der Waals surface area contributed by atoms with Gasteiger partial charge in [-0.15, -0.1) is 0 Å². The molecule has 0 spiro atoms. The normalized spacial score (nSPS) is 13.0. The number of carbonyl (C=O) groups excluding carboxylic acids is 3. The SMILES string of the molecule is CC(=O)C(C(C)=O)C(CC(=O)c1cccc2c1Nc1ccccc1S2)c1ccc(Cl)cc1. The van der Waals surface area contributed by atoms with Crippen molar-refractivity contribution in [3.8, 4) is 0 Å². The third-order valence-electron chi connectivity index (χ3n) is 5.68. The van der Waals surface area contributed by atoms with Crippen molar-refractivity contribution in [2.45, 2.75) is 36.0 Å². The van der Waals surface area contributed by atoms with Gasteiger partial charge in [-0.2, -0.15) is 0 Å². The molecule has 1 heterocycles. The zero-order valence-electron chi connectivity index (χ0n) is 17.7. The molecular weight excluding hydrogens is 442 g/mol. The minimum absolute atomic E-state index is 0.0376. The van der Waals surface area contributed by atoms with Crippen LogP contribution in [0.2, 0.25) is 5.02 Å². The van der Waals surface area contributed by atoms with Gasteiger partial charge >= 0.3 is 0 Å². The van der Waals surface area contributed by atoms with E-state index in [-0.39, 0.29) is 23.8 Å². The number of hydrogen-bond donors (Lipinski definition) is 1. The predicted octanol–water partition coefficient (Wildman–Crippen LogP) is 6.70. The van der Waals surface area contributed by atoms with E-state index >= 15 is 0 Å². The van der Waals surface area contributed by atoms with E-state index in [2.05, 4.69) is 5.32 Å². The predicted molar refractivity (Wildman–Crippen MR) is 128 cm³/mol. The minimum atomic E-state index is -0.886. The average molecular weight is 464 g/mol. The molecule has 0 saturated heterocycles. The first-order valence-corrected chi connectivity index (χ1v) is 11.5. The Morgan fingerprint density at radius 2 is 1.53 bits per heavy atom. The van der Waals surface area contributed by atoms with Crippen LogP contribution in [0.3, 0.4) is 0 Å². The van der Waals surface area contributed by atoms with Gasteiger partial charge in [0.2, 0.25) is 0 Å². The number of carbonyl (C=O) groups is 3. The molecule has 6 heteroatoms. The van der Waals surface area contributed by atoms with Gasteiger partial charge < -0.3 is 5.32 Å². The molecule has 4 rings (SSSR count). The van der Waals surface area contributed by atoms with Gasteiger partial charge in [0, 0.05) is 32.7 Å². The molecule has 1 atom stereocenters. The largest absolute Gasteiger partial charge is 0.353 e. The second kappa shape index (κ2) is 9.31. The van der Waals surface area contributed by atoms with Crippen molar-refractivity contribution in [2.24, 2.45) is 5.92 Å². The summed E-state index contributed by atoms with van der Waals surface area (Å²) in [6, 6.07) is 20.6. The van der Waals surface area contributed by atoms with Crippen LogP contribution in [-0.2, 0) is 9.59 Å². The van der Waals surface area contributed by atoms with Gasteiger partial charge in [-0.1, -0.05) is 53.7 Å². The fourth-order valence-electron chi connectivity index (χ4n) is 4.19. The molecule has 0 fully saturated rings. The number of anilines is 2.